The van der Waals surface area contributed by atoms with E-state index in [1.807, 2.05) is 11.8 Å². The van der Waals surface area contributed by atoms with Gasteiger partial charge in [-0.1, -0.05) is 0 Å². The van der Waals surface area contributed by atoms with Crippen LogP contribution in [0.5, 0.6) is 0 Å². The van der Waals surface area contributed by atoms with Gasteiger partial charge in [0.1, 0.15) is 0 Å². The Morgan fingerprint density at radius 2 is 0.962 bits per heavy atom. The van der Waals surface area contributed by atoms with Crippen LogP contribution >= 0.6 is 11.8 Å². The van der Waals surface area contributed by atoms with Crippen LogP contribution in [-0.2, 0) is 4.79 Å². The first-order valence-electron chi connectivity index (χ1n) is 11.7. The van der Waals surface area contributed by atoms with Crippen LogP contribution in [0.1, 0.15) is 77.0 Å². The molecule has 0 spiro atoms. The van der Waals surface area contributed by atoms with Gasteiger partial charge in [0, 0.05) is 5.75 Å². The highest BCUT2D eigenvalue weighted by Crippen LogP contribution is 2.77. The van der Waals surface area contributed by atoms with Gasteiger partial charge in [-0.25, -0.2) is 0 Å². The SMILES string of the molecule is O=C1CSCC1(C12CC3CC(CC(C3)C1)C2)C12CC3CC(CC(C3)C1)C2. The maximum Gasteiger partial charge on any atom is 0.150 e. The van der Waals surface area contributed by atoms with E-state index in [1.165, 1.54) is 82.8 Å². The van der Waals surface area contributed by atoms with E-state index in [1.54, 1.807) is 0 Å². The molecule has 8 aliphatic carbocycles. The molecular formula is C24H34OS. The minimum Gasteiger partial charge on any atom is -0.298 e. The molecule has 0 N–H and O–H groups in total. The van der Waals surface area contributed by atoms with Gasteiger partial charge in [-0.2, -0.15) is 11.8 Å². The van der Waals surface area contributed by atoms with E-state index in [4.69, 9.17) is 0 Å². The topological polar surface area (TPSA) is 17.1 Å². The molecule has 8 saturated carbocycles. The normalized spacial score (nSPS) is 62.4. The zero-order chi connectivity index (χ0) is 17.1. The minimum absolute atomic E-state index is 0.0939. The first-order valence-corrected chi connectivity index (χ1v) is 12.9. The fraction of sp³-hybridized carbons (Fsp3) is 0.958. The zero-order valence-electron chi connectivity index (χ0n) is 16.2. The summed E-state index contributed by atoms with van der Waals surface area (Å²) in [6, 6.07) is 0. The van der Waals surface area contributed by atoms with E-state index in [2.05, 4.69) is 0 Å². The van der Waals surface area contributed by atoms with Crippen molar-refractivity contribution in [2.24, 2.45) is 51.8 Å². The molecule has 0 atom stereocenters. The van der Waals surface area contributed by atoms with Crippen molar-refractivity contribution in [1.29, 1.82) is 0 Å². The summed E-state index contributed by atoms with van der Waals surface area (Å²) in [6.45, 7) is 0. The maximum atomic E-state index is 13.9. The number of hydrogen-bond donors (Lipinski definition) is 0. The Labute approximate surface area is 162 Å². The third kappa shape index (κ3) is 1.76. The van der Waals surface area contributed by atoms with E-state index >= 15 is 0 Å². The molecule has 0 aromatic carbocycles. The van der Waals surface area contributed by atoms with Crippen molar-refractivity contribution >= 4 is 17.5 Å². The average Bonchev–Trinajstić information content (AvgIpc) is 2.96. The number of Topliss-reactive ketones (excluding diaryl/α,β-unsaturated/α-hetero) is 1. The van der Waals surface area contributed by atoms with Crippen LogP contribution in [0, 0.1) is 51.8 Å². The van der Waals surface area contributed by atoms with Crippen LogP contribution in [0.4, 0.5) is 0 Å². The Bertz CT molecular complexity index is 549. The fourth-order valence-corrected chi connectivity index (χ4v) is 12.8. The van der Waals surface area contributed by atoms with Gasteiger partial charge in [-0.3, -0.25) is 4.79 Å². The standard InChI is InChI=1S/C24H34OS/c25-21-13-26-14-24(21,22-7-15-1-16(8-22)3-17(2-15)9-22)23-10-18-4-19(11-23)6-20(5-18)12-23/h15-20H,1-14H2. The second-order valence-electron chi connectivity index (χ2n) is 12.2. The van der Waals surface area contributed by atoms with Gasteiger partial charge in [-0.15, -0.1) is 0 Å². The Morgan fingerprint density at radius 1 is 0.615 bits per heavy atom. The third-order valence-corrected chi connectivity index (χ3v) is 12.0. The molecule has 9 rings (SSSR count). The number of carbonyl (C=O) groups excluding carboxylic acids is 1. The maximum absolute atomic E-state index is 13.9. The molecule has 0 aromatic heterocycles. The predicted octanol–water partition coefficient (Wildman–Crippen LogP) is 5.72. The Kier molecular flexibility index (Phi) is 3.02. The first-order chi connectivity index (χ1) is 12.6. The summed E-state index contributed by atoms with van der Waals surface area (Å²) < 4.78 is 0. The van der Waals surface area contributed by atoms with Crippen molar-refractivity contribution in [2.45, 2.75) is 77.0 Å². The number of hydrogen-bond acceptors (Lipinski definition) is 2. The molecule has 9 fully saturated rings. The number of thioether (sulfide) groups is 1. The molecule has 1 saturated heterocycles. The van der Waals surface area contributed by atoms with Crippen molar-refractivity contribution in [3.63, 3.8) is 0 Å². The number of carbonyl (C=O) groups is 1. The lowest BCUT2D eigenvalue weighted by atomic mass is 9.32. The third-order valence-electron chi connectivity index (χ3n) is 10.9. The summed E-state index contributed by atoms with van der Waals surface area (Å²) in [5.41, 5.74) is 0.943. The highest BCUT2D eigenvalue weighted by molar-refractivity contribution is 8.00. The van der Waals surface area contributed by atoms with Crippen molar-refractivity contribution in [3.8, 4) is 0 Å². The molecule has 26 heavy (non-hydrogen) atoms. The molecule has 1 nitrogen and oxygen atoms in total. The van der Waals surface area contributed by atoms with Crippen molar-refractivity contribution < 1.29 is 4.79 Å². The largest absolute Gasteiger partial charge is 0.298 e. The van der Waals surface area contributed by atoms with Gasteiger partial charge < -0.3 is 0 Å². The van der Waals surface area contributed by atoms with E-state index in [0.717, 1.165) is 47.0 Å². The molecule has 1 aliphatic heterocycles. The summed E-state index contributed by atoms with van der Waals surface area (Å²) in [5, 5.41) is 0. The highest BCUT2D eigenvalue weighted by Gasteiger charge is 2.73. The lowest BCUT2D eigenvalue weighted by Gasteiger charge is -2.71. The summed E-state index contributed by atoms with van der Waals surface area (Å²) in [6.07, 6.45) is 17.7. The van der Waals surface area contributed by atoms with Crippen LogP contribution in [0.25, 0.3) is 0 Å². The molecule has 0 amide bonds. The second-order valence-corrected chi connectivity index (χ2v) is 13.2. The van der Waals surface area contributed by atoms with Crippen LogP contribution in [0.2, 0.25) is 0 Å². The van der Waals surface area contributed by atoms with Crippen LogP contribution in [-0.4, -0.2) is 17.3 Å². The van der Waals surface area contributed by atoms with Crippen LogP contribution in [0.15, 0.2) is 0 Å². The van der Waals surface area contributed by atoms with Crippen molar-refractivity contribution in [1.82, 2.24) is 0 Å². The van der Waals surface area contributed by atoms with E-state index in [0.29, 0.717) is 10.8 Å². The lowest BCUT2D eigenvalue weighted by Crippen LogP contribution is -2.67. The number of ketones is 1. The quantitative estimate of drug-likeness (QED) is 0.618. The smallest absolute Gasteiger partial charge is 0.150 e. The van der Waals surface area contributed by atoms with Crippen LogP contribution in [0.3, 0.4) is 0 Å². The zero-order valence-corrected chi connectivity index (χ0v) is 17.0. The summed E-state index contributed by atoms with van der Waals surface area (Å²) in [5.74, 6) is 8.67. The van der Waals surface area contributed by atoms with E-state index < -0.39 is 0 Å². The molecule has 9 aliphatic rings. The summed E-state index contributed by atoms with van der Waals surface area (Å²) in [7, 11) is 0. The molecular weight excluding hydrogens is 336 g/mol. The Morgan fingerprint density at radius 3 is 1.23 bits per heavy atom. The lowest BCUT2D eigenvalue weighted by molar-refractivity contribution is -0.214. The molecule has 1 heterocycles. The second kappa shape index (κ2) is 4.95. The molecule has 142 valence electrons. The molecule has 0 radical (unpaired) electrons. The van der Waals surface area contributed by atoms with Crippen LogP contribution < -0.4 is 0 Å². The minimum atomic E-state index is 0.0939. The van der Waals surface area contributed by atoms with Gasteiger partial charge in [-0.05, 0) is 123 Å². The van der Waals surface area contributed by atoms with Crippen molar-refractivity contribution in [2.75, 3.05) is 11.5 Å². The molecule has 8 bridgehead atoms. The van der Waals surface area contributed by atoms with E-state index in [9.17, 15) is 4.79 Å². The van der Waals surface area contributed by atoms with Gasteiger partial charge in [0.2, 0.25) is 0 Å². The highest BCUT2D eigenvalue weighted by atomic mass is 32.2. The molecule has 2 heteroatoms. The van der Waals surface area contributed by atoms with Gasteiger partial charge >= 0.3 is 0 Å². The predicted molar refractivity (Wildman–Crippen MR) is 106 cm³/mol. The Hall–Kier alpha value is 0.0200. The Balaban J connectivity index is 1.40. The molecule has 0 aromatic rings. The van der Waals surface area contributed by atoms with Gasteiger partial charge in [0.25, 0.3) is 0 Å². The van der Waals surface area contributed by atoms with Crippen molar-refractivity contribution in [3.05, 3.63) is 0 Å². The summed E-state index contributed by atoms with van der Waals surface area (Å²) >= 11 is 2.04. The average molecular weight is 371 g/mol. The van der Waals surface area contributed by atoms with Gasteiger partial charge in [0.05, 0.1) is 11.2 Å². The van der Waals surface area contributed by atoms with Gasteiger partial charge in [0.15, 0.2) is 5.78 Å². The molecule has 0 unspecified atom stereocenters. The van der Waals surface area contributed by atoms with E-state index in [-0.39, 0.29) is 5.41 Å². The fourth-order valence-electron chi connectivity index (χ4n) is 11.2. The first kappa shape index (κ1) is 15.9. The summed E-state index contributed by atoms with van der Waals surface area (Å²) in [4.78, 5) is 13.9. The number of rotatable bonds is 2. The monoisotopic (exact) mass is 370 g/mol.